The Morgan fingerprint density at radius 2 is 0.882 bits per heavy atom. The van der Waals surface area contributed by atoms with Gasteiger partial charge in [-0.05, 0) is 0 Å². The van der Waals surface area contributed by atoms with E-state index < -0.39 is 76.9 Å². The summed E-state index contributed by atoms with van der Waals surface area (Å²) < 4.78 is 44.1. The van der Waals surface area contributed by atoms with Gasteiger partial charge in [0.15, 0.2) is 0 Å². The summed E-state index contributed by atoms with van der Waals surface area (Å²) in [6.45, 7) is 0. The molecule has 8 nitrogen and oxygen atoms in total. The third-order valence-electron chi connectivity index (χ3n) is 1.71. The lowest BCUT2D eigenvalue weighted by Crippen LogP contribution is -2.38. The van der Waals surface area contributed by atoms with Crippen LogP contribution in [0.1, 0.15) is 0 Å². The fraction of sp³-hybridized carbons (Fsp3) is 0. The number of hydrogen-bond acceptors (Lipinski definition) is 9. The highest BCUT2D eigenvalue weighted by Gasteiger charge is 2.26. The summed E-state index contributed by atoms with van der Waals surface area (Å²) in [6, 6.07) is 0. The zero-order chi connectivity index (χ0) is 11.8. The molecular weight excluding hydrogens is 385 g/mol. The van der Waals surface area contributed by atoms with Crippen LogP contribution < -0.4 is 0 Å². The second-order valence-corrected chi connectivity index (χ2v) is 23.2. The lowest BCUT2D eigenvalue weighted by Gasteiger charge is -2.24. The number of rotatable bonds is 2. The van der Waals surface area contributed by atoms with Gasteiger partial charge in [0.2, 0.25) is 0 Å². The zero-order valence-electron chi connectivity index (χ0n) is 9.07. The first kappa shape index (κ1) is 15.2. The average molecular weight is 399 g/mol. The van der Waals surface area contributed by atoms with Crippen LogP contribution in [0.5, 0.6) is 0 Å². The highest BCUT2D eigenvalue weighted by molar-refractivity contribution is 8.43. The van der Waals surface area contributed by atoms with E-state index in [1.54, 1.807) is 10.7 Å². The predicted octanol–water partition coefficient (Wildman–Crippen LogP) is -6.69. The van der Waals surface area contributed by atoms with Gasteiger partial charge in [-0.25, -0.2) is 0 Å². The van der Waals surface area contributed by atoms with Gasteiger partial charge in [-0.3, -0.25) is 0 Å². The van der Waals surface area contributed by atoms with Crippen LogP contribution in [0.4, 0.5) is 0 Å². The molecule has 0 bridgehead atoms. The van der Waals surface area contributed by atoms with Crippen LogP contribution in [-0.4, -0.2) is 76.9 Å². The van der Waals surface area contributed by atoms with Crippen molar-refractivity contribution in [1.29, 1.82) is 0 Å². The van der Waals surface area contributed by atoms with E-state index in [1.807, 2.05) is 0 Å². The monoisotopic (exact) mass is 398 g/mol. The minimum Gasteiger partial charge on any atom is -0.425 e. The van der Waals surface area contributed by atoms with Gasteiger partial charge in [-0.2, -0.15) is 0 Å². The van der Waals surface area contributed by atoms with Crippen LogP contribution in [0.2, 0.25) is 0 Å². The van der Waals surface area contributed by atoms with Crippen LogP contribution in [0.3, 0.4) is 0 Å². The predicted molar refractivity (Wildman–Crippen MR) is 81.8 cm³/mol. The fourth-order valence-electron chi connectivity index (χ4n) is 1.01. The molecule has 2 rings (SSSR count). The first-order valence-corrected chi connectivity index (χ1v) is 17.5. The molecule has 2 aliphatic rings. The SMILES string of the molecule is O1[SiH2]O[SiH2]O[SiH](S[SiH]2O[SiH2]O[SiH2]O[SiH2]O2)O[SiH2]1. The van der Waals surface area contributed by atoms with Crippen molar-refractivity contribution in [3.63, 3.8) is 0 Å². The van der Waals surface area contributed by atoms with Crippen molar-refractivity contribution in [2.24, 2.45) is 0 Å². The molecule has 2 aliphatic heterocycles. The molecular formula is H14O8SSi8. The third kappa shape index (κ3) is 6.65. The summed E-state index contributed by atoms with van der Waals surface area (Å²) in [7, 11) is -7.07. The minimum atomic E-state index is -1.74. The van der Waals surface area contributed by atoms with E-state index in [2.05, 4.69) is 0 Å². The molecule has 2 saturated heterocycles. The summed E-state index contributed by atoms with van der Waals surface area (Å²) in [5.41, 5.74) is 0. The molecule has 0 radical (unpaired) electrons. The van der Waals surface area contributed by atoms with E-state index in [1.165, 1.54) is 0 Å². The lowest BCUT2D eigenvalue weighted by atomic mass is 15.7. The maximum atomic E-state index is 5.68. The second kappa shape index (κ2) is 9.63. The molecule has 100 valence electrons. The highest BCUT2D eigenvalue weighted by Crippen LogP contribution is 2.16. The maximum Gasteiger partial charge on any atom is 0.369 e. The van der Waals surface area contributed by atoms with Crippen molar-refractivity contribution in [2.45, 2.75) is 0 Å². The normalized spacial score (nSPS) is 41.6. The summed E-state index contributed by atoms with van der Waals surface area (Å²) in [5, 5.41) is 0. The van der Waals surface area contributed by atoms with Crippen molar-refractivity contribution < 1.29 is 32.9 Å². The Morgan fingerprint density at radius 1 is 0.529 bits per heavy atom. The molecule has 2 fully saturated rings. The third-order valence-corrected chi connectivity index (χ3v) is 24.2. The number of hydrogen-bond donors (Lipinski definition) is 0. The summed E-state index contributed by atoms with van der Waals surface area (Å²) >= 11 is 0. The van der Waals surface area contributed by atoms with E-state index in [0.717, 1.165) is 0 Å². The van der Waals surface area contributed by atoms with Crippen molar-refractivity contribution in [3.05, 3.63) is 0 Å². The average Bonchev–Trinajstić information content (AvgIpc) is 2.24. The molecule has 0 N–H and O–H groups in total. The van der Waals surface area contributed by atoms with Crippen LogP contribution in [0.15, 0.2) is 0 Å². The zero-order valence-corrected chi connectivity index (χ0v) is 20.7. The standard InChI is InChI=1S/H14O8SSi8/c1-10-2-13-6-16(5-12-1)9-17-7-14-3-11-4-15-8-17/h16-17H,10-15H2. The molecule has 0 spiro atoms. The van der Waals surface area contributed by atoms with Gasteiger partial charge in [0.25, 0.3) is 60.0 Å². The molecule has 17 heavy (non-hydrogen) atoms. The molecule has 0 amide bonds. The van der Waals surface area contributed by atoms with Gasteiger partial charge < -0.3 is 32.9 Å². The van der Waals surface area contributed by atoms with Gasteiger partial charge >= 0.3 is 16.9 Å². The highest BCUT2D eigenvalue weighted by atomic mass is 32.5. The summed E-state index contributed by atoms with van der Waals surface area (Å²) in [5.74, 6) is 0. The van der Waals surface area contributed by atoms with Crippen molar-refractivity contribution in [2.75, 3.05) is 0 Å². The van der Waals surface area contributed by atoms with Gasteiger partial charge in [0, 0.05) is 0 Å². The summed E-state index contributed by atoms with van der Waals surface area (Å²) in [6.07, 6.45) is 0. The molecule has 0 aromatic heterocycles. The maximum absolute atomic E-state index is 5.68. The summed E-state index contributed by atoms with van der Waals surface area (Å²) in [4.78, 5) is 0. The van der Waals surface area contributed by atoms with Gasteiger partial charge in [-0.15, -0.1) is 10.7 Å². The fourth-order valence-corrected chi connectivity index (χ4v) is 31.4. The van der Waals surface area contributed by atoms with E-state index in [0.29, 0.717) is 0 Å². The first-order valence-electron chi connectivity index (χ1n) is 4.88. The van der Waals surface area contributed by atoms with Gasteiger partial charge in [0.05, 0.1) is 0 Å². The Bertz CT molecular complexity index is 170. The Hall–Kier alpha value is 1.77. The smallest absolute Gasteiger partial charge is 0.369 e. The topological polar surface area (TPSA) is 73.8 Å². The molecule has 0 aromatic carbocycles. The van der Waals surface area contributed by atoms with E-state index in [4.69, 9.17) is 32.9 Å². The lowest BCUT2D eigenvalue weighted by molar-refractivity contribution is 0.340. The van der Waals surface area contributed by atoms with E-state index in [-0.39, 0.29) is 0 Å². The van der Waals surface area contributed by atoms with Crippen LogP contribution in [0.25, 0.3) is 0 Å². The Morgan fingerprint density at radius 3 is 1.24 bits per heavy atom. The Labute approximate surface area is 120 Å². The molecule has 17 heteroatoms. The first-order chi connectivity index (χ1) is 8.45. The van der Waals surface area contributed by atoms with Gasteiger partial charge in [0.1, 0.15) is 0 Å². The van der Waals surface area contributed by atoms with Gasteiger partial charge in [-0.1, -0.05) is 0 Å². The van der Waals surface area contributed by atoms with Crippen molar-refractivity contribution in [1.82, 2.24) is 0 Å². The van der Waals surface area contributed by atoms with E-state index >= 15 is 0 Å². The molecule has 0 aromatic rings. The molecule has 0 unspecified atom stereocenters. The second-order valence-electron chi connectivity index (χ2n) is 2.90. The minimum absolute atomic E-state index is 0.798. The van der Waals surface area contributed by atoms with Crippen LogP contribution in [-0.2, 0) is 32.9 Å². The quantitative estimate of drug-likeness (QED) is 0.422. The molecule has 0 atom stereocenters. The van der Waals surface area contributed by atoms with Crippen molar-refractivity contribution in [3.8, 4) is 0 Å². The largest absolute Gasteiger partial charge is 0.425 e. The van der Waals surface area contributed by atoms with E-state index in [9.17, 15) is 0 Å². The van der Waals surface area contributed by atoms with Crippen molar-refractivity contribution >= 4 is 87.6 Å². The molecule has 2 heterocycles. The van der Waals surface area contributed by atoms with Crippen LogP contribution >= 0.6 is 10.7 Å². The Balaban J connectivity index is 1.72. The molecule has 0 aliphatic carbocycles. The Kier molecular flexibility index (Phi) is 8.59. The molecule has 0 saturated carbocycles. The van der Waals surface area contributed by atoms with Crippen LogP contribution in [0, 0.1) is 0 Å².